The van der Waals surface area contributed by atoms with Gasteiger partial charge in [0.15, 0.2) is 6.29 Å². The van der Waals surface area contributed by atoms with E-state index in [9.17, 15) is 19.2 Å². The van der Waals surface area contributed by atoms with Gasteiger partial charge in [-0.15, -0.1) is 0 Å². The lowest BCUT2D eigenvalue weighted by atomic mass is 10.4. The summed E-state index contributed by atoms with van der Waals surface area (Å²) in [6.45, 7) is 4.24. The minimum absolute atomic E-state index is 0.0604. The topological polar surface area (TPSA) is 86.7 Å². The van der Waals surface area contributed by atoms with Gasteiger partial charge in [-0.25, -0.2) is 14.4 Å². The van der Waals surface area contributed by atoms with E-state index in [1.54, 1.807) is 0 Å². The highest BCUT2D eigenvalue weighted by molar-refractivity contribution is 6.00. The molecule has 0 unspecified atom stereocenters. The Morgan fingerprint density at radius 3 is 2.25 bits per heavy atom. The Morgan fingerprint density at radius 1 is 1.19 bits per heavy atom. The van der Waals surface area contributed by atoms with E-state index in [-0.39, 0.29) is 5.57 Å². The van der Waals surface area contributed by atoms with Crippen molar-refractivity contribution in [3.8, 4) is 0 Å². The van der Waals surface area contributed by atoms with E-state index in [1.165, 1.54) is 6.92 Å². The van der Waals surface area contributed by atoms with E-state index in [4.69, 9.17) is 0 Å². The normalized spacial score (nSPS) is 9.56. The maximum absolute atomic E-state index is 10.9. The fourth-order valence-electron chi connectivity index (χ4n) is 0.513. The van der Waals surface area contributed by atoms with E-state index in [1.807, 2.05) is 0 Å². The van der Waals surface area contributed by atoms with Gasteiger partial charge in [0.05, 0.1) is 0 Å². The third kappa shape index (κ3) is 6.25. The zero-order chi connectivity index (χ0) is 12.6. The van der Waals surface area contributed by atoms with Crippen LogP contribution >= 0.6 is 0 Å². The molecule has 0 rings (SSSR count). The van der Waals surface area contributed by atoms with E-state index >= 15 is 0 Å². The number of esters is 3. The van der Waals surface area contributed by atoms with Crippen molar-refractivity contribution in [1.82, 2.24) is 0 Å². The van der Waals surface area contributed by atoms with Gasteiger partial charge in [0.2, 0.25) is 0 Å². The molecule has 0 saturated carbocycles. The Labute approximate surface area is 91.5 Å². The van der Waals surface area contributed by atoms with Crippen molar-refractivity contribution < 1.29 is 28.7 Å². The van der Waals surface area contributed by atoms with Crippen LogP contribution in [-0.4, -0.2) is 30.8 Å². The van der Waals surface area contributed by atoms with Gasteiger partial charge >= 0.3 is 17.9 Å². The highest BCUT2D eigenvalue weighted by Gasteiger charge is 2.08. The van der Waals surface area contributed by atoms with Gasteiger partial charge < -0.3 is 9.47 Å². The molecule has 0 heterocycles. The maximum atomic E-state index is 10.9. The molecule has 6 heteroatoms. The highest BCUT2D eigenvalue weighted by atomic mass is 16.6. The van der Waals surface area contributed by atoms with E-state index < -0.39 is 24.5 Å². The van der Waals surface area contributed by atoms with Crippen molar-refractivity contribution in [2.75, 3.05) is 6.61 Å². The predicted molar refractivity (Wildman–Crippen MR) is 52.1 cm³/mol. The molecule has 6 nitrogen and oxygen atoms in total. The first-order valence-electron chi connectivity index (χ1n) is 4.17. The Kier molecular flexibility index (Phi) is 6.11. The third-order valence-corrected chi connectivity index (χ3v) is 1.19. The van der Waals surface area contributed by atoms with Gasteiger partial charge in [-0.1, -0.05) is 6.58 Å². The summed E-state index contributed by atoms with van der Waals surface area (Å²) in [5, 5.41) is 0. The van der Waals surface area contributed by atoms with Crippen molar-refractivity contribution in [1.29, 1.82) is 0 Å². The van der Waals surface area contributed by atoms with Crippen LogP contribution in [0.25, 0.3) is 0 Å². The second-order valence-corrected chi connectivity index (χ2v) is 2.62. The Bertz CT molecular complexity index is 352. The van der Waals surface area contributed by atoms with Gasteiger partial charge in [0, 0.05) is 17.7 Å². The molecule has 0 atom stereocenters. The fraction of sp³-hybridized carbons (Fsp3) is 0.200. The monoisotopic (exact) mass is 226 g/mol. The molecule has 0 aromatic carbocycles. The van der Waals surface area contributed by atoms with Gasteiger partial charge in [-0.2, -0.15) is 0 Å². The molecule has 0 N–H and O–H groups in total. The summed E-state index contributed by atoms with van der Waals surface area (Å²) in [6, 6.07) is 0. The van der Waals surface area contributed by atoms with Gasteiger partial charge in [-0.05, 0) is 6.92 Å². The summed E-state index contributed by atoms with van der Waals surface area (Å²) in [5.41, 5.74) is 0.0604. The lowest BCUT2D eigenvalue weighted by Crippen LogP contribution is -2.11. The first-order valence-corrected chi connectivity index (χ1v) is 4.17. The third-order valence-electron chi connectivity index (χ3n) is 1.19. The first-order chi connectivity index (χ1) is 7.47. The Balaban J connectivity index is 4.09. The summed E-state index contributed by atoms with van der Waals surface area (Å²) in [6.07, 6.45) is 1.85. The largest absolute Gasteiger partial charge is 0.455 e. The lowest BCUT2D eigenvalue weighted by molar-refractivity contribution is -0.153. The van der Waals surface area contributed by atoms with Crippen LogP contribution in [-0.2, 0) is 28.7 Å². The van der Waals surface area contributed by atoms with Gasteiger partial charge in [-0.3, -0.25) is 4.79 Å². The summed E-state index contributed by atoms with van der Waals surface area (Å²) >= 11 is 0. The molecule has 0 amide bonds. The quantitative estimate of drug-likeness (QED) is 0.282. The number of aldehydes is 1. The minimum atomic E-state index is -1.02. The average Bonchev–Trinajstić information content (AvgIpc) is 2.23. The molecule has 0 bridgehead atoms. The van der Waals surface area contributed by atoms with Crippen molar-refractivity contribution in [2.45, 2.75) is 6.92 Å². The molecule has 0 saturated heterocycles. The number of hydrogen-bond donors (Lipinski definition) is 0. The van der Waals surface area contributed by atoms with Crippen molar-refractivity contribution in [3.63, 3.8) is 0 Å². The van der Waals surface area contributed by atoms with Crippen LogP contribution < -0.4 is 0 Å². The molecule has 0 spiro atoms. The van der Waals surface area contributed by atoms with Crippen molar-refractivity contribution in [3.05, 3.63) is 24.3 Å². The van der Waals surface area contributed by atoms with Gasteiger partial charge in [0.25, 0.3) is 0 Å². The zero-order valence-corrected chi connectivity index (χ0v) is 8.60. The summed E-state index contributed by atoms with van der Waals surface area (Å²) < 4.78 is 8.52. The summed E-state index contributed by atoms with van der Waals surface area (Å²) in [5.74, 6) is -2.78. The van der Waals surface area contributed by atoms with Crippen LogP contribution in [0.4, 0.5) is 0 Å². The van der Waals surface area contributed by atoms with Crippen LogP contribution in [0.15, 0.2) is 24.3 Å². The number of hydrogen-bond acceptors (Lipinski definition) is 6. The van der Waals surface area contributed by atoms with Crippen LogP contribution in [0, 0.1) is 0 Å². The molecule has 0 aliphatic rings. The number of ether oxygens (including phenoxy) is 2. The second-order valence-electron chi connectivity index (χ2n) is 2.62. The lowest BCUT2D eigenvalue weighted by Gasteiger charge is -1.97. The standard InChI is InChI=1S/C10H10O6/c1-7(2)10(14)16-9(13)4-3-8(12)15-6-5-11/h3-5H,1,6H2,2H3/b4-3-. The Morgan fingerprint density at radius 2 is 1.75 bits per heavy atom. The SMILES string of the molecule is C=C(C)C(=O)OC(=O)/C=C\C(=O)OCC=O. The molecule has 0 fully saturated rings. The zero-order valence-electron chi connectivity index (χ0n) is 8.60. The number of carbonyl (C=O) groups excluding carboxylic acids is 4. The second kappa shape index (κ2) is 7.10. The van der Waals surface area contributed by atoms with Crippen LogP contribution in [0.2, 0.25) is 0 Å². The molecule has 0 aromatic rings. The number of carbonyl (C=O) groups is 4. The Hall–Kier alpha value is -2.24. The highest BCUT2D eigenvalue weighted by Crippen LogP contribution is 1.93. The fourth-order valence-corrected chi connectivity index (χ4v) is 0.513. The van der Waals surface area contributed by atoms with Crippen LogP contribution in [0.5, 0.6) is 0 Å². The van der Waals surface area contributed by atoms with Crippen LogP contribution in [0.1, 0.15) is 6.92 Å². The predicted octanol–water partition coefficient (Wildman–Crippen LogP) is -0.0694. The summed E-state index contributed by atoms with van der Waals surface area (Å²) in [7, 11) is 0. The van der Waals surface area contributed by atoms with E-state index in [2.05, 4.69) is 16.1 Å². The molecule has 0 aromatic heterocycles. The molecular weight excluding hydrogens is 216 g/mol. The van der Waals surface area contributed by atoms with Crippen LogP contribution in [0.3, 0.4) is 0 Å². The molecule has 0 aliphatic heterocycles. The summed E-state index contributed by atoms with van der Waals surface area (Å²) in [4.78, 5) is 42.3. The maximum Gasteiger partial charge on any atom is 0.340 e. The molecular formula is C10H10O6. The van der Waals surface area contributed by atoms with E-state index in [0.29, 0.717) is 12.4 Å². The minimum Gasteiger partial charge on any atom is -0.455 e. The molecule has 0 radical (unpaired) electrons. The molecule has 0 aliphatic carbocycles. The molecule has 86 valence electrons. The molecule has 16 heavy (non-hydrogen) atoms. The average molecular weight is 226 g/mol. The van der Waals surface area contributed by atoms with E-state index in [0.717, 1.165) is 6.08 Å². The number of rotatable bonds is 5. The first kappa shape index (κ1) is 13.8. The smallest absolute Gasteiger partial charge is 0.340 e. The van der Waals surface area contributed by atoms with Crippen molar-refractivity contribution in [2.24, 2.45) is 0 Å². The van der Waals surface area contributed by atoms with Gasteiger partial charge in [0.1, 0.15) is 6.61 Å². The van der Waals surface area contributed by atoms with Crippen molar-refractivity contribution >= 4 is 24.2 Å².